The molecule has 0 aliphatic heterocycles. The lowest BCUT2D eigenvalue weighted by molar-refractivity contribution is 0.363. The molecule has 0 aromatic heterocycles. The van der Waals surface area contributed by atoms with Gasteiger partial charge in [0, 0.05) is 22.6 Å². The van der Waals surface area contributed by atoms with Crippen molar-refractivity contribution in [2.75, 3.05) is 0 Å². The van der Waals surface area contributed by atoms with Gasteiger partial charge in [0.1, 0.15) is 0 Å². The Morgan fingerprint density at radius 3 is 2.55 bits per heavy atom. The van der Waals surface area contributed by atoms with Crippen LogP contribution in [0.2, 0.25) is 0 Å². The minimum atomic E-state index is -0.487. The van der Waals surface area contributed by atoms with Gasteiger partial charge in [0.05, 0.1) is 0 Å². The van der Waals surface area contributed by atoms with Crippen LogP contribution in [0.5, 0.6) is 17.2 Å². The lowest BCUT2D eigenvalue weighted by Gasteiger charge is -2.15. The van der Waals surface area contributed by atoms with E-state index in [0.717, 1.165) is 10.0 Å². The number of nitrogens with one attached hydrogen (secondary N) is 1. The van der Waals surface area contributed by atoms with Crippen LogP contribution < -0.4 is 5.32 Å². The molecule has 5 heteroatoms. The van der Waals surface area contributed by atoms with Crippen molar-refractivity contribution in [1.82, 2.24) is 5.32 Å². The Morgan fingerprint density at radius 2 is 1.85 bits per heavy atom. The number of hydrogen-bond donors (Lipinski definition) is 4. The highest BCUT2D eigenvalue weighted by Crippen LogP contribution is 2.37. The maximum Gasteiger partial charge on any atom is 0.200 e. The molecule has 1 atom stereocenters. The van der Waals surface area contributed by atoms with Crippen LogP contribution in [0.1, 0.15) is 24.1 Å². The van der Waals surface area contributed by atoms with Gasteiger partial charge in [0.2, 0.25) is 5.75 Å². The molecule has 0 heterocycles. The molecule has 0 saturated carbocycles. The van der Waals surface area contributed by atoms with Crippen molar-refractivity contribution in [3.63, 3.8) is 0 Å². The summed E-state index contributed by atoms with van der Waals surface area (Å²) in [5.41, 5.74) is 1.64. The predicted molar refractivity (Wildman–Crippen MR) is 80.8 cm³/mol. The Bertz CT molecular complexity index is 616. The van der Waals surface area contributed by atoms with Crippen LogP contribution in [-0.2, 0) is 6.54 Å². The molecule has 0 radical (unpaired) electrons. The number of phenols is 3. The molecule has 0 saturated heterocycles. The van der Waals surface area contributed by atoms with Crippen molar-refractivity contribution in [2.45, 2.75) is 19.5 Å². The molecule has 0 spiro atoms. The third kappa shape index (κ3) is 3.23. The fraction of sp³-hybridized carbons (Fsp3) is 0.200. The lowest BCUT2D eigenvalue weighted by atomic mass is 10.1. The van der Waals surface area contributed by atoms with Crippen molar-refractivity contribution >= 4 is 15.9 Å². The van der Waals surface area contributed by atoms with Gasteiger partial charge < -0.3 is 20.6 Å². The molecule has 20 heavy (non-hydrogen) atoms. The second kappa shape index (κ2) is 6.15. The van der Waals surface area contributed by atoms with Crippen LogP contribution >= 0.6 is 15.9 Å². The zero-order valence-corrected chi connectivity index (χ0v) is 12.6. The number of halogens is 1. The number of hydrogen-bond acceptors (Lipinski definition) is 4. The predicted octanol–water partition coefficient (Wildman–Crippen LogP) is 3.42. The molecule has 2 aromatic rings. The van der Waals surface area contributed by atoms with Gasteiger partial charge in [-0.25, -0.2) is 0 Å². The quantitative estimate of drug-likeness (QED) is 0.645. The molecule has 0 aliphatic carbocycles. The maximum atomic E-state index is 9.75. The van der Waals surface area contributed by atoms with Crippen LogP contribution in [0.15, 0.2) is 40.9 Å². The molecule has 0 aliphatic rings. The van der Waals surface area contributed by atoms with Crippen molar-refractivity contribution in [3.8, 4) is 17.2 Å². The minimum Gasteiger partial charge on any atom is -0.504 e. The van der Waals surface area contributed by atoms with Gasteiger partial charge in [-0.2, -0.15) is 0 Å². The monoisotopic (exact) mass is 337 g/mol. The lowest BCUT2D eigenvalue weighted by Crippen LogP contribution is -2.18. The average molecular weight is 338 g/mol. The second-order valence-electron chi connectivity index (χ2n) is 4.60. The van der Waals surface area contributed by atoms with E-state index < -0.39 is 5.75 Å². The van der Waals surface area contributed by atoms with Gasteiger partial charge in [-0.1, -0.05) is 34.1 Å². The number of benzene rings is 2. The summed E-state index contributed by atoms with van der Waals surface area (Å²) in [5.74, 6) is -1.11. The molecule has 2 aromatic carbocycles. The largest absolute Gasteiger partial charge is 0.504 e. The van der Waals surface area contributed by atoms with E-state index in [4.69, 9.17) is 0 Å². The summed E-state index contributed by atoms with van der Waals surface area (Å²) in [6.45, 7) is 2.40. The molecule has 0 amide bonds. The van der Waals surface area contributed by atoms with Crippen LogP contribution in [0.3, 0.4) is 0 Å². The summed E-state index contributed by atoms with van der Waals surface area (Å²) >= 11 is 3.43. The van der Waals surface area contributed by atoms with E-state index in [1.54, 1.807) is 6.07 Å². The topological polar surface area (TPSA) is 72.7 Å². The van der Waals surface area contributed by atoms with Gasteiger partial charge in [-0.3, -0.25) is 0 Å². The highest BCUT2D eigenvalue weighted by Gasteiger charge is 2.12. The molecule has 106 valence electrons. The highest BCUT2D eigenvalue weighted by molar-refractivity contribution is 9.10. The fourth-order valence-corrected chi connectivity index (χ4v) is 2.33. The molecular weight excluding hydrogens is 322 g/mol. The normalized spacial score (nSPS) is 12.3. The maximum absolute atomic E-state index is 9.75. The van der Waals surface area contributed by atoms with Gasteiger partial charge in [0.15, 0.2) is 11.5 Å². The first-order valence-electron chi connectivity index (χ1n) is 6.20. The average Bonchev–Trinajstić information content (AvgIpc) is 2.44. The SMILES string of the molecule is C[C@H](NCc1ccc(O)c(O)c1O)c1cccc(Br)c1. The number of rotatable bonds is 4. The van der Waals surface area contributed by atoms with Crippen LogP contribution in [-0.4, -0.2) is 15.3 Å². The summed E-state index contributed by atoms with van der Waals surface area (Å²) in [6.07, 6.45) is 0. The van der Waals surface area contributed by atoms with E-state index in [2.05, 4.69) is 21.2 Å². The van der Waals surface area contributed by atoms with Gasteiger partial charge in [0.25, 0.3) is 0 Å². The summed E-state index contributed by atoms with van der Waals surface area (Å²) in [6, 6.07) is 11.0. The van der Waals surface area contributed by atoms with Gasteiger partial charge in [-0.15, -0.1) is 0 Å². The summed E-state index contributed by atoms with van der Waals surface area (Å²) in [4.78, 5) is 0. The number of phenolic OH excluding ortho intramolecular Hbond substituents is 3. The Balaban J connectivity index is 2.07. The van der Waals surface area contributed by atoms with E-state index in [1.165, 1.54) is 6.07 Å². The van der Waals surface area contributed by atoms with Crippen LogP contribution in [0, 0.1) is 0 Å². The highest BCUT2D eigenvalue weighted by atomic mass is 79.9. The van der Waals surface area contributed by atoms with Crippen molar-refractivity contribution in [2.24, 2.45) is 0 Å². The molecule has 2 rings (SSSR count). The summed E-state index contributed by atoms with van der Waals surface area (Å²) < 4.78 is 1.01. The van der Waals surface area contributed by atoms with Crippen molar-refractivity contribution < 1.29 is 15.3 Å². The van der Waals surface area contributed by atoms with E-state index >= 15 is 0 Å². The van der Waals surface area contributed by atoms with Gasteiger partial charge >= 0.3 is 0 Å². The third-order valence-electron chi connectivity index (χ3n) is 3.16. The van der Waals surface area contributed by atoms with Crippen LogP contribution in [0.25, 0.3) is 0 Å². The zero-order valence-electron chi connectivity index (χ0n) is 11.0. The zero-order chi connectivity index (χ0) is 14.7. The standard InChI is InChI=1S/C15H16BrNO3/c1-9(10-3-2-4-12(16)7-10)17-8-11-5-6-13(18)15(20)14(11)19/h2-7,9,17-20H,8H2,1H3/t9-/m0/s1. The Labute approximate surface area is 125 Å². The molecule has 4 nitrogen and oxygen atoms in total. The number of aromatic hydroxyl groups is 3. The molecular formula is C15H16BrNO3. The van der Waals surface area contributed by atoms with Crippen molar-refractivity contribution in [1.29, 1.82) is 0 Å². The fourth-order valence-electron chi connectivity index (χ4n) is 1.91. The smallest absolute Gasteiger partial charge is 0.200 e. The molecule has 0 unspecified atom stereocenters. The summed E-state index contributed by atoms with van der Waals surface area (Å²) in [7, 11) is 0. The van der Waals surface area contributed by atoms with Gasteiger partial charge in [-0.05, 0) is 30.7 Å². The van der Waals surface area contributed by atoms with E-state index in [1.807, 2.05) is 31.2 Å². The van der Waals surface area contributed by atoms with E-state index in [0.29, 0.717) is 12.1 Å². The first-order valence-corrected chi connectivity index (χ1v) is 7.00. The summed E-state index contributed by atoms with van der Waals surface area (Å²) in [5, 5.41) is 31.8. The third-order valence-corrected chi connectivity index (χ3v) is 3.65. The van der Waals surface area contributed by atoms with Crippen molar-refractivity contribution in [3.05, 3.63) is 52.0 Å². The Morgan fingerprint density at radius 1 is 1.10 bits per heavy atom. The first-order chi connectivity index (χ1) is 9.49. The Kier molecular flexibility index (Phi) is 4.52. The minimum absolute atomic E-state index is 0.0860. The molecule has 0 bridgehead atoms. The molecule has 4 N–H and O–H groups in total. The van der Waals surface area contributed by atoms with E-state index in [9.17, 15) is 15.3 Å². The van der Waals surface area contributed by atoms with E-state index in [-0.39, 0.29) is 17.5 Å². The molecule has 0 fully saturated rings. The first kappa shape index (κ1) is 14.7. The Hall–Kier alpha value is -1.72. The van der Waals surface area contributed by atoms with Crippen LogP contribution in [0.4, 0.5) is 0 Å². The second-order valence-corrected chi connectivity index (χ2v) is 5.51.